The van der Waals surface area contributed by atoms with E-state index < -0.39 is 0 Å². The van der Waals surface area contributed by atoms with Gasteiger partial charge in [0.25, 0.3) is 0 Å². The average Bonchev–Trinajstić information content (AvgIpc) is 2.24. The zero-order valence-corrected chi connectivity index (χ0v) is 11.0. The standard InChI is InChI=1S/C12H15BrO3/c1-3-15-6-7-16-10-4-5-11(9(2)14)12(13)8-10/h4-5,8H,3,6-7H2,1-2H3. The molecule has 0 aliphatic heterocycles. The molecule has 0 bridgehead atoms. The molecular weight excluding hydrogens is 272 g/mol. The van der Waals surface area contributed by atoms with Crippen LogP contribution in [0.25, 0.3) is 0 Å². The van der Waals surface area contributed by atoms with E-state index in [1.54, 1.807) is 18.2 Å². The highest BCUT2D eigenvalue weighted by molar-refractivity contribution is 9.10. The lowest BCUT2D eigenvalue weighted by molar-refractivity contribution is 0.101. The van der Waals surface area contributed by atoms with Gasteiger partial charge in [0.2, 0.25) is 0 Å². The average molecular weight is 287 g/mol. The van der Waals surface area contributed by atoms with Crippen LogP contribution in [-0.4, -0.2) is 25.6 Å². The van der Waals surface area contributed by atoms with Crippen LogP contribution >= 0.6 is 15.9 Å². The van der Waals surface area contributed by atoms with Crippen LogP contribution in [0.15, 0.2) is 22.7 Å². The van der Waals surface area contributed by atoms with E-state index in [0.29, 0.717) is 25.4 Å². The van der Waals surface area contributed by atoms with E-state index in [4.69, 9.17) is 9.47 Å². The third kappa shape index (κ3) is 3.94. The van der Waals surface area contributed by atoms with Crippen molar-refractivity contribution in [2.75, 3.05) is 19.8 Å². The quantitative estimate of drug-likeness (QED) is 0.596. The molecule has 3 nitrogen and oxygen atoms in total. The van der Waals surface area contributed by atoms with Gasteiger partial charge in [-0.2, -0.15) is 0 Å². The fourth-order valence-electron chi connectivity index (χ4n) is 1.23. The highest BCUT2D eigenvalue weighted by atomic mass is 79.9. The van der Waals surface area contributed by atoms with E-state index in [1.807, 2.05) is 6.92 Å². The summed E-state index contributed by atoms with van der Waals surface area (Å²) >= 11 is 3.34. The Kier molecular flexibility index (Phi) is 5.49. The number of Topliss-reactive ketones (excluding diaryl/α,β-unsaturated/α-hetero) is 1. The first-order chi connectivity index (χ1) is 7.65. The van der Waals surface area contributed by atoms with Gasteiger partial charge in [-0.25, -0.2) is 0 Å². The van der Waals surface area contributed by atoms with Gasteiger partial charge in [-0.1, -0.05) is 0 Å². The third-order valence-electron chi connectivity index (χ3n) is 2.02. The molecule has 0 amide bonds. The number of rotatable bonds is 6. The molecule has 0 N–H and O–H groups in total. The molecule has 0 aliphatic carbocycles. The minimum Gasteiger partial charge on any atom is -0.491 e. The van der Waals surface area contributed by atoms with E-state index >= 15 is 0 Å². The fourth-order valence-corrected chi connectivity index (χ4v) is 1.87. The van der Waals surface area contributed by atoms with Gasteiger partial charge in [-0.3, -0.25) is 4.79 Å². The van der Waals surface area contributed by atoms with E-state index in [1.165, 1.54) is 6.92 Å². The molecule has 16 heavy (non-hydrogen) atoms. The van der Waals surface area contributed by atoms with Crippen LogP contribution in [0.4, 0.5) is 0 Å². The van der Waals surface area contributed by atoms with Crippen molar-refractivity contribution in [1.29, 1.82) is 0 Å². The number of hydrogen-bond donors (Lipinski definition) is 0. The first-order valence-electron chi connectivity index (χ1n) is 5.16. The van der Waals surface area contributed by atoms with Crippen molar-refractivity contribution < 1.29 is 14.3 Å². The van der Waals surface area contributed by atoms with Crippen LogP contribution in [0, 0.1) is 0 Å². The number of carbonyl (C=O) groups is 1. The molecule has 1 aromatic carbocycles. The van der Waals surface area contributed by atoms with Gasteiger partial charge < -0.3 is 9.47 Å². The van der Waals surface area contributed by atoms with Gasteiger partial charge in [-0.05, 0) is 48.0 Å². The predicted molar refractivity (Wildman–Crippen MR) is 66.1 cm³/mol. The molecule has 0 atom stereocenters. The Labute approximate surface area is 104 Å². The van der Waals surface area contributed by atoms with Crippen molar-refractivity contribution >= 4 is 21.7 Å². The molecule has 4 heteroatoms. The maximum atomic E-state index is 11.2. The molecule has 0 radical (unpaired) electrons. The lowest BCUT2D eigenvalue weighted by atomic mass is 10.1. The maximum absolute atomic E-state index is 11.2. The van der Waals surface area contributed by atoms with Crippen molar-refractivity contribution in [3.05, 3.63) is 28.2 Å². The van der Waals surface area contributed by atoms with Crippen molar-refractivity contribution in [2.45, 2.75) is 13.8 Å². The highest BCUT2D eigenvalue weighted by Crippen LogP contribution is 2.23. The van der Waals surface area contributed by atoms with Crippen LogP contribution in [0.3, 0.4) is 0 Å². The normalized spacial score (nSPS) is 10.2. The molecule has 0 aromatic heterocycles. The molecule has 0 saturated carbocycles. The third-order valence-corrected chi connectivity index (χ3v) is 2.68. The van der Waals surface area contributed by atoms with Gasteiger partial charge in [0.15, 0.2) is 5.78 Å². The van der Waals surface area contributed by atoms with Crippen LogP contribution in [0.5, 0.6) is 5.75 Å². The molecule has 0 fully saturated rings. The van der Waals surface area contributed by atoms with Crippen LogP contribution in [0.2, 0.25) is 0 Å². The smallest absolute Gasteiger partial charge is 0.160 e. The van der Waals surface area contributed by atoms with Gasteiger partial charge >= 0.3 is 0 Å². The number of ether oxygens (including phenoxy) is 2. The minimum absolute atomic E-state index is 0.0349. The number of ketones is 1. The van der Waals surface area contributed by atoms with Crippen molar-refractivity contribution in [3.63, 3.8) is 0 Å². The second-order valence-electron chi connectivity index (χ2n) is 3.24. The predicted octanol–water partition coefficient (Wildman–Crippen LogP) is 3.07. The van der Waals surface area contributed by atoms with E-state index in [0.717, 1.165) is 10.2 Å². The summed E-state index contributed by atoms with van der Waals surface area (Å²) in [6.07, 6.45) is 0. The van der Waals surface area contributed by atoms with Crippen LogP contribution in [0.1, 0.15) is 24.2 Å². The van der Waals surface area contributed by atoms with Gasteiger partial charge in [0.05, 0.1) is 6.61 Å². The first kappa shape index (κ1) is 13.2. The largest absolute Gasteiger partial charge is 0.491 e. The monoisotopic (exact) mass is 286 g/mol. The minimum atomic E-state index is 0.0349. The summed E-state index contributed by atoms with van der Waals surface area (Å²) in [6, 6.07) is 5.33. The number of hydrogen-bond acceptors (Lipinski definition) is 3. The van der Waals surface area contributed by atoms with Crippen molar-refractivity contribution in [2.24, 2.45) is 0 Å². The Balaban J connectivity index is 2.56. The van der Waals surface area contributed by atoms with E-state index in [9.17, 15) is 4.79 Å². The molecule has 0 unspecified atom stereocenters. The molecule has 1 rings (SSSR count). The molecular formula is C12H15BrO3. The first-order valence-corrected chi connectivity index (χ1v) is 5.95. The van der Waals surface area contributed by atoms with Crippen molar-refractivity contribution in [3.8, 4) is 5.75 Å². The molecule has 0 saturated heterocycles. The van der Waals surface area contributed by atoms with Gasteiger partial charge in [0, 0.05) is 16.6 Å². The van der Waals surface area contributed by atoms with Gasteiger partial charge in [-0.15, -0.1) is 0 Å². The van der Waals surface area contributed by atoms with Crippen LogP contribution in [-0.2, 0) is 4.74 Å². The Hall–Kier alpha value is -0.870. The van der Waals surface area contributed by atoms with Crippen molar-refractivity contribution in [1.82, 2.24) is 0 Å². The Morgan fingerprint density at radius 1 is 1.38 bits per heavy atom. The second-order valence-corrected chi connectivity index (χ2v) is 4.10. The molecule has 1 aromatic rings. The summed E-state index contributed by atoms with van der Waals surface area (Å²) < 4.78 is 11.4. The number of benzene rings is 1. The lowest BCUT2D eigenvalue weighted by Crippen LogP contribution is -2.06. The molecule has 0 spiro atoms. The topological polar surface area (TPSA) is 35.5 Å². The Morgan fingerprint density at radius 3 is 2.69 bits per heavy atom. The lowest BCUT2D eigenvalue weighted by Gasteiger charge is -2.08. The van der Waals surface area contributed by atoms with E-state index in [2.05, 4.69) is 15.9 Å². The summed E-state index contributed by atoms with van der Waals surface area (Å²) in [5.74, 6) is 0.768. The number of halogens is 1. The summed E-state index contributed by atoms with van der Waals surface area (Å²) in [5.41, 5.74) is 0.664. The fraction of sp³-hybridized carbons (Fsp3) is 0.417. The maximum Gasteiger partial charge on any atom is 0.160 e. The molecule has 0 aliphatic rings. The highest BCUT2D eigenvalue weighted by Gasteiger charge is 2.06. The molecule has 88 valence electrons. The summed E-state index contributed by atoms with van der Waals surface area (Å²) in [7, 11) is 0. The summed E-state index contributed by atoms with van der Waals surface area (Å²) in [4.78, 5) is 11.2. The number of carbonyl (C=O) groups excluding carboxylic acids is 1. The summed E-state index contributed by atoms with van der Waals surface area (Å²) in [6.45, 7) is 5.26. The zero-order chi connectivity index (χ0) is 12.0. The van der Waals surface area contributed by atoms with Gasteiger partial charge in [0.1, 0.15) is 12.4 Å². The summed E-state index contributed by atoms with van der Waals surface area (Å²) in [5, 5.41) is 0. The van der Waals surface area contributed by atoms with E-state index in [-0.39, 0.29) is 5.78 Å². The Morgan fingerprint density at radius 2 is 2.12 bits per heavy atom. The zero-order valence-electron chi connectivity index (χ0n) is 9.46. The SMILES string of the molecule is CCOCCOc1ccc(C(C)=O)c(Br)c1. The van der Waals surface area contributed by atoms with Crippen LogP contribution < -0.4 is 4.74 Å². The second kappa shape index (κ2) is 6.66. The Bertz CT molecular complexity index is 363. The molecule has 0 heterocycles.